The second-order valence-electron chi connectivity index (χ2n) is 5.73. The number of aliphatic hydroxyl groups excluding tert-OH is 1. The number of ether oxygens (including phenoxy) is 1. The number of para-hydroxylation sites is 1. The summed E-state index contributed by atoms with van der Waals surface area (Å²) in [6.45, 7) is 5.19. The molecule has 0 spiro atoms. The van der Waals surface area contributed by atoms with Crippen LogP contribution >= 0.6 is 0 Å². The average Bonchev–Trinajstić information content (AvgIpc) is 2.37. The predicted octanol–water partition coefficient (Wildman–Crippen LogP) is 3.74. The Morgan fingerprint density at radius 3 is 2.83 bits per heavy atom. The number of rotatable bonds is 5. The molecule has 2 unspecified atom stereocenters. The van der Waals surface area contributed by atoms with Crippen molar-refractivity contribution in [2.45, 2.75) is 51.6 Å². The summed E-state index contributed by atoms with van der Waals surface area (Å²) in [6.07, 6.45) is 3.73. The summed E-state index contributed by atoms with van der Waals surface area (Å²) in [4.78, 5) is 0. The maximum absolute atomic E-state index is 10.1. The van der Waals surface area contributed by atoms with E-state index in [1.54, 1.807) is 0 Å². The van der Waals surface area contributed by atoms with E-state index in [1.807, 2.05) is 12.1 Å². The van der Waals surface area contributed by atoms with Gasteiger partial charge in [0.25, 0.3) is 0 Å². The molecule has 0 radical (unpaired) electrons. The Labute approximate surface area is 110 Å². The molecule has 2 heteroatoms. The SMILES string of the molecule is CC(C)CCC(O)CC1CCOc2ccccc21. The van der Waals surface area contributed by atoms with Gasteiger partial charge in [0.2, 0.25) is 0 Å². The van der Waals surface area contributed by atoms with Crippen molar-refractivity contribution in [3.8, 4) is 5.75 Å². The van der Waals surface area contributed by atoms with Gasteiger partial charge in [0.15, 0.2) is 0 Å². The molecule has 2 nitrogen and oxygen atoms in total. The van der Waals surface area contributed by atoms with Gasteiger partial charge in [-0.25, -0.2) is 0 Å². The van der Waals surface area contributed by atoms with Crippen LogP contribution in [0.1, 0.15) is 51.0 Å². The smallest absolute Gasteiger partial charge is 0.122 e. The zero-order valence-electron chi connectivity index (χ0n) is 11.4. The van der Waals surface area contributed by atoms with Crippen LogP contribution in [-0.4, -0.2) is 17.8 Å². The lowest BCUT2D eigenvalue weighted by atomic mass is 9.87. The topological polar surface area (TPSA) is 29.5 Å². The largest absolute Gasteiger partial charge is 0.493 e. The van der Waals surface area contributed by atoms with Crippen LogP contribution in [0, 0.1) is 5.92 Å². The molecule has 0 amide bonds. The lowest BCUT2D eigenvalue weighted by Gasteiger charge is -2.27. The van der Waals surface area contributed by atoms with Crippen molar-refractivity contribution in [2.24, 2.45) is 5.92 Å². The van der Waals surface area contributed by atoms with Crippen LogP contribution in [0.4, 0.5) is 0 Å². The first-order chi connectivity index (χ1) is 8.66. The third-order valence-corrected chi connectivity index (χ3v) is 3.72. The molecule has 1 aliphatic rings. The van der Waals surface area contributed by atoms with E-state index in [9.17, 15) is 5.11 Å². The molecule has 2 atom stereocenters. The van der Waals surface area contributed by atoms with Gasteiger partial charge in [-0.1, -0.05) is 32.0 Å². The maximum Gasteiger partial charge on any atom is 0.122 e. The zero-order chi connectivity index (χ0) is 13.0. The molecule has 1 aromatic rings. The summed E-state index contributed by atoms with van der Waals surface area (Å²) in [5, 5.41) is 10.1. The van der Waals surface area contributed by atoms with E-state index in [-0.39, 0.29) is 6.10 Å². The Hall–Kier alpha value is -1.02. The first-order valence-corrected chi connectivity index (χ1v) is 7.06. The molecule has 0 saturated carbocycles. The number of fused-ring (bicyclic) bond motifs is 1. The van der Waals surface area contributed by atoms with Crippen LogP contribution in [0.3, 0.4) is 0 Å². The van der Waals surface area contributed by atoms with Crippen LogP contribution in [0.2, 0.25) is 0 Å². The number of hydrogen-bond acceptors (Lipinski definition) is 2. The molecule has 1 heterocycles. The Morgan fingerprint density at radius 1 is 1.28 bits per heavy atom. The highest BCUT2D eigenvalue weighted by Gasteiger charge is 2.23. The van der Waals surface area contributed by atoms with Gasteiger partial charge >= 0.3 is 0 Å². The standard InChI is InChI=1S/C16H24O2/c1-12(2)7-8-14(17)11-13-9-10-18-16-6-4-3-5-15(13)16/h3-6,12-14,17H,7-11H2,1-2H3. The monoisotopic (exact) mass is 248 g/mol. The Balaban J connectivity index is 1.94. The molecule has 0 saturated heterocycles. The molecule has 1 aromatic carbocycles. The lowest BCUT2D eigenvalue weighted by Crippen LogP contribution is -2.19. The molecular formula is C16H24O2. The van der Waals surface area contributed by atoms with Crippen LogP contribution in [0.15, 0.2) is 24.3 Å². The molecule has 1 aliphatic heterocycles. The molecule has 2 rings (SSSR count). The van der Waals surface area contributed by atoms with E-state index in [0.29, 0.717) is 11.8 Å². The number of aliphatic hydroxyl groups is 1. The van der Waals surface area contributed by atoms with E-state index in [1.165, 1.54) is 5.56 Å². The normalized spacial score (nSPS) is 20.3. The molecule has 0 bridgehead atoms. The van der Waals surface area contributed by atoms with Crippen molar-refractivity contribution in [2.75, 3.05) is 6.61 Å². The first-order valence-electron chi connectivity index (χ1n) is 7.06. The van der Waals surface area contributed by atoms with Crippen molar-refractivity contribution >= 4 is 0 Å². The fourth-order valence-corrected chi connectivity index (χ4v) is 2.63. The van der Waals surface area contributed by atoms with E-state index >= 15 is 0 Å². The highest BCUT2D eigenvalue weighted by atomic mass is 16.5. The van der Waals surface area contributed by atoms with Crippen molar-refractivity contribution in [3.05, 3.63) is 29.8 Å². The third kappa shape index (κ3) is 3.49. The summed E-state index contributed by atoms with van der Waals surface area (Å²) >= 11 is 0. The van der Waals surface area contributed by atoms with Crippen molar-refractivity contribution in [3.63, 3.8) is 0 Å². The second kappa shape index (κ2) is 6.24. The van der Waals surface area contributed by atoms with Crippen LogP contribution < -0.4 is 4.74 Å². The Morgan fingerprint density at radius 2 is 2.06 bits per heavy atom. The fraction of sp³-hybridized carbons (Fsp3) is 0.625. The minimum absolute atomic E-state index is 0.177. The van der Waals surface area contributed by atoms with E-state index < -0.39 is 0 Å². The van der Waals surface area contributed by atoms with Gasteiger partial charge in [0.1, 0.15) is 5.75 Å². The predicted molar refractivity (Wildman–Crippen MR) is 74.0 cm³/mol. The van der Waals surface area contributed by atoms with Crippen LogP contribution in [-0.2, 0) is 0 Å². The highest BCUT2D eigenvalue weighted by molar-refractivity contribution is 5.37. The minimum atomic E-state index is -0.177. The van der Waals surface area contributed by atoms with Gasteiger partial charge in [0.05, 0.1) is 12.7 Å². The average molecular weight is 248 g/mol. The lowest BCUT2D eigenvalue weighted by molar-refractivity contribution is 0.128. The molecule has 0 aromatic heterocycles. The van der Waals surface area contributed by atoms with Gasteiger partial charge in [-0.15, -0.1) is 0 Å². The van der Waals surface area contributed by atoms with Crippen LogP contribution in [0.25, 0.3) is 0 Å². The number of hydrogen-bond donors (Lipinski definition) is 1. The molecule has 0 fully saturated rings. The van der Waals surface area contributed by atoms with Gasteiger partial charge in [-0.3, -0.25) is 0 Å². The summed E-state index contributed by atoms with van der Waals surface area (Å²) in [6, 6.07) is 8.23. The van der Waals surface area contributed by atoms with Crippen LogP contribution in [0.5, 0.6) is 5.75 Å². The second-order valence-corrected chi connectivity index (χ2v) is 5.73. The van der Waals surface area contributed by atoms with Gasteiger partial charge in [-0.2, -0.15) is 0 Å². The highest BCUT2D eigenvalue weighted by Crippen LogP contribution is 2.36. The van der Waals surface area contributed by atoms with E-state index in [4.69, 9.17) is 4.74 Å². The summed E-state index contributed by atoms with van der Waals surface area (Å²) in [5.74, 6) is 2.13. The van der Waals surface area contributed by atoms with Crippen molar-refractivity contribution < 1.29 is 9.84 Å². The molecule has 1 N–H and O–H groups in total. The zero-order valence-corrected chi connectivity index (χ0v) is 11.4. The van der Waals surface area contributed by atoms with Gasteiger partial charge in [0, 0.05) is 0 Å². The first kappa shape index (κ1) is 13.4. The molecular weight excluding hydrogens is 224 g/mol. The quantitative estimate of drug-likeness (QED) is 0.860. The van der Waals surface area contributed by atoms with Crippen molar-refractivity contribution in [1.29, 1.82) is 0 Å². The van der Waals surface area contributed by atoms with Crippen molar-refractivity contribution in [1.82, 2.24) is 0 Å². The molecule has 100 valence electrons. The minimum Gasteiger partial charge on any atom is -0.493 e. The molecule has 0 aliphatic carbocycles. The van der Waals surface area contributed by atoms with Gasteiger partial charge < -0.3 is 9.84 Å². The van der Waals surface area contributed by atoms with E-state index in [0.717, 1.165) is 38.0 Å². The third-order valence-electron chi connectivity index (χ3n) is 3.72. The summed E-state index contributed by atoms with van der Waals surface area (Å²) < 4.78 is 5.65. The van der Waals surface area contributed by atoms with Gasteiger partial charge in [-0.05, 0) is 49.1 Å². The number of benzene rings is 1. The Bertz CT molecular complexity index is 373. The van der Waals surface area contributed by atoms with E-state index in [2.05, 4.69) is 26.0 Å². The molecule has 18 heavy (non-hydrogen) atoms. The maximum atomic E-state index is 10.1. The summed E-state index contributed by atoms with van der Waals surface area (Å²) in [5.41, 5.74) is 1.27. The fourth-order valence-electron chi connectivity index (χ4n) is 2.63. The Kier molecular flexibility index (Phi) is 4.65. The summed E-state index contributed by atoms with van der Waals surface area (Å²) in [7, 11) is 0.